The van der Waals surface area contributed by atoms with Crippen molar-refractivity contribution in [1.82, 2.24) is 5.32 Å². The monoisotopic (exact) mass is 247 g/mol. The number of benzene rings is 1. The second-order valence-corrected chi connectivity index (χ2v) is 4.57. The zero-order valence-corrected chi connectivity index (χ0v) is 10.3. The Morgan fingerprint density at radius 1 is 1.56 bits per heavy atom. The molecule has 1 aromatic rings. The lowest BCUT2D eigenvalue weighted by Crippen LogP contribution is -2.32. The Labute approximate surface area is 106 Å². The molecule has 1 aromatic carbocycles. The Hall–Kier alpha value is -1.88. The third-order valence-corrected chi connectivity index (χ3v) is 3.06. The lowest BCUT2D eigenvalue weighted by Gasteiger charge is -2.10. The molecule has 2 amide bonds. The van der Waals surface area contributed by atoms with Gasteiger partial charge in [-0.05, 0) is 17.2 Å². The smallest absolute Gasteiger partial charge is 0.228 e. The highest BCUT2D eigenvalue weighted by atomic mass is 16.2. The average molecular weight is 247 g/mol. The fourth-order valence-electron chi connectivity index (χ4n) is 1.86. The molecule has 1 unspecified atom stereocenters. The van der Waals surface area contributed by atoms with Crippen LogP contribution in [0, 0.1) is 5.92 Å². The molecule has 1 aliphatic rings. The summed E-state index contributed by atoms with van der Waals surface area (Å²) in [4.78, 5) is 22.8. The molecule has 4 N–H and O–H groups in total. The molecule has 1 heterocycles. The predicted octanol–water partition coefficient (Wildman–Crippen LogP) is 0.392. The highest BCUT2D eigenvalue weighted by Gasteiger charge is 2.17. The highest BCUT2D eigenvalue weighted by molar-refractivity contribution is 5.99. The van der Waals surface area contributed by atoms with Crippen LogP contribution < -0.4 is 16.4 Å². The summed E-state index contributed by atoms with van der Waals surface area (Å²) in [6.45, 7) is 2.60. The number of hydrogen-bond acceptors (Lipinski definition) is 3. The zero-order chi connectivity index (χ0) is 13.1. The molecule has 18 heavy (non-hydrogen) atoms. The van der Waals surface area contributed by atoms with Crippen LogP contribution in [-0.4, -0.2) is 18.4 Å². The molecule has 5 heteroatoms. The summed E-state index contributed by atoms with van der Waals surface area (Å²) < 4.78 is 0. The van der Waals surface area contributed by atoms with Gasteiger partial charge in [-0.15, -0.1) is 0 Å². The minimum Gasteiger partial charge on any atom is -0.352 e. The van der Waals surface area contributed by atoms with Gasteiger partial charge in [0.1, 0.15) is 0 Å². The van der Waals surface area contributed by atoms with Gasteiger partial charge < -0.3 is 16.4 Å². The first-order chi connectivity index (χ1) is 8.60. The minimum atomic E-state index is -0.178. The first-order valence-corrected chi connectivity index (χ1v) is 5.99. The lowest BCUT2D eigenvalue weighted by molar-refractivity contribution is -0.124. The van der Waals surface area contributed by atoms with Crippen LogP contribution in [0.3, 0.4) is 0 Å². The molecule has 0 fully saturated rings. The molecule has 0 saturated heterocycles. The van der Waals surface area contributed by atoms with E-state index in [1.54, 1.807) is 6.92 Å². The van der Waals surface area contributed by atoms with Crippen molar-refractivity contribution in [2.24, 2.45) is 11.7 Å². The van der Waals surface area contributed by atoms with Gasteiger partial charge in [0.25, 0.3) is 0 Å². The standard InChI is InChI=1S/C13H17N3O2/c1-8(6-14)13(18)15-7-9-2-3-11-10(4-9)5-12(17)16-11/h2-4,8H,5-7,14H2,1H3,(H,15,18)(H,16,17). The maximum Gasteiger partial charge on any atom is 0.228 e. The summed E-state index contributed by atoms with van der Waals surface area (Å²) in [7, 11) is 0. The number of rotatable bonds is 4. The SMILES string of the molecule is CC(CN)C(=O)NCc1ccc2c(c1)CC(=O)N2. The molecule has 1 aliphatic heterocycles. The van der Waals surface area contributed by atoms with Crippen LogP contribution in [0.25, 0.3) is 0 Å². The summed E-state index contributed by atoms with van der Waals surface area (Å²) in [6, 6.07) is 5.71. The van der Waals surface area contributed by atoms with Crippen LogP contribution in [0.1, 0.15) is 18.1 Å². The van der Waals surface area contributed by atoms with Crippen molar-refractivity contribution in [1.29, 1.82) is 0 Å². The van der Waals surface area contributed by atoms with E-state index in [4.69, 9.17) is 5.73 Å². The van der Waals surface area contributed by atoms with Crippen LogP contribution in [-0.2, 0) is 22.6 Å². The number of nitrogens with two attached hydrogens (primary N) is 1. The zero-order valence-electron chi connectivity index (χ0n) is 10.3. The average Bonchev–Trinajstić information content (AvgIpc) is 2.74. The number of carbonyl (C=O) groups excluding carboxylic acids is 2. The number of anilines is 1. The van der Waals surface area contributed by atoms with Crippen molar-refractivity contribution >= 4 is 17.5 Å². The molecule has 1 atom stereocenters. The first-order valence-electron chi connectivity index (χ1n) is 5.99. The van der Waals surface area contributed by atoms with Gasteiger partial charge in [0.15, 0.2) is 0 Å². The van der Waals surface area contributed by atoms with Crippen LogP contribution in [0.2, 0.25) is 0 Å². The van der Waals surface area contributed by atoms with E-state index >= 15 is 0 Å². The first kappa shape index (κ1) is 12.6. The summed E-state index contributed by atoms with van der Waals surface area (Å²) in [5.74, 6) is -0.210. The van der Waals surface area contributed by atoms with Gasteiger partial charge in [0, 0.05) is 24.7 Å². The molecule has 5 nitrogen and oxygen atoms in total. The maximum absolute atomic E-state index is 11.6. The summed E-state index contributed by atoms with van der Waals surface area (Å²) in [5, 5.41) is 5.60. The van der Waals surface area contributed by atoms with Gasteiger partial charge in [-0.2, -0.15) is 0 Å². The minimum absolute atomic E-state index is 0.0166. The molecule has 0 spiro atoms. The molecule has 0 aliphatic carbocycles. The second-order valence-electron chi connectivity index (χ2n) is 4.57. The number of hydrogen-bond donors (Lipinski definition) is 3. The van der Waals surface area contributed by atoms with Crippen molar-refractivity contribution in [3.05, 3.63) is 29.3 Å². The van der Waals surface area contributed by atoms with E-state index in [1.807, 2.05) is 18.2 Å². The fraction of sp³-hybridized carbons (Fsp3) is 0.385. The highest BCUT2D eigenvalue weighted by Crippen LogP contribution is 2.23. The number of nitrogens with one attached hydrogen (secondary N) is 2. The Morgan fingerprint density at radius 3 is 3.06 bits per heavy atom. The van der Waals surface area contributed by atoms with Gasteiger partial charge in [-0.3, -0.25) is 9.59 Å². The van der Waals surface area contributed by atoms with E-state index < -0.39 is 0 Å². The van der Waals surface area contributed by atoms with Gasteiger partial charge in [-0.25, -0.2) is 0 Å². The van der Waals surface area contributed by atoms with Crippen molar-refractivity contribution in [2.45, 2.75) is 19.9 Å². The van der Waals surface area contributed by atoms with Crippen LogP contribution in [0.4, 0.5) is 5.69 Å². The number of carbonyl (C=O) groups is 2. The van der Waals surface area contributed by atoms with Gasteiger partial charge in [0.05, 0.1) is 6.42 Å². The number of fused-ring (bicyclic) bond motifs is 1. The Morgan fingerprint density at radius 2 is 2.33 bits per heavy atom. The van der Waals surface area contributed by atoms with Gasteiger partial charge in [-0.1, -0.05) is 19.1 Å². The fourth-order valence-corrected chi connectivity index (χ4v) is 1.86. The summed E-state index contributed by atoms with van der Waals surface area (Å²) in [5.41, 5.74) is 8.26. The predicted molar refractivity (Wildman–Crippen MR) is 68.8 cm³/mol. The van der Waals surface area contributed by atoms with Crippen molar-refractivity contribution < 1.29 is 9.59 Å². The topological polar surface area (TPSA) is 84.2 Å². The van der Waals surface area contributed by atoms with E-state index in [9.17, 15) is 9.59 Å². The van der Waals surface area contributed by atoms with E-state index in [1.165, 1.54) is 0 Å². The molecule has 0 saturated carbocycles. The Kier molecular flexibility index (Phi) is 3.62. The van der Waals surface area contributed by atoms with E-state index in [0.29, 0.717) is 19.5 Å². The molecule has 2 rings (SSSR count). The molecule has 0 aromatic heterocycles. The third-order valence-electron chi connectivity index (χ3n) is 3.06. The summed E-state index contributed by atoms with van der Waals surface area (Å²) >= 11 is 0. The van der Waals surface area contributed by atoms with Crippen molar-refractivity contribution in [3.8, 4) is 0 Å². The largest absolute Gasteiger partial charge is 0.352 e. The van der Waals surface area contributed by atoms with E-state index in [-0.39, 0.29) is 17.7 Å². The Bertz CT molecular complexity index is 485. The second kappa shape index (κ2) is 5.18. The maximum atomic E-state index is 11.6. The van der Waals surface area contributed by atoms with Crippen LogP contribution in [0.5, 0.6) is 0 Å². The van der Waals surface area contributed by atoms with Crippen LogP contribution >= 0.6 is 0 Å². The summed E-state index contributed by atoms with van der Waals surface area (Å²) in [6.07, 6.45) is 0.413. The van der Waals surface area contributed by atoms with Crippen molar-refractivity contribution in [3.63, 3.8) is 0 Å². The third kappa shape index (κ3) is 2.68. The van der Waals surface area contributed by atoms with Gasteiger partial charge in [0.2, 0.25) is 11.8 Å². The molecule has 0 bridgehead atoms. The molecule has 0 radical (unpaired) electrons. The normalized spacial score (nSPS) is 14.9. The molecular formula is C13H17N3O2. The molecular weight excluding hydrogens is 230 g/mol. The van der Waals surface area contributed by atoms with Crippen LogP contribution in [0.15, 0.2) is 18.2 Å². The number of amides is 2. The quantitative estimate of drug-likeness (QED) is 0.719. The van der Waals surface area contributed by atoms with E-state index in [2.05, 4.69) is 10.6 Å². The van der Waals surface area contributed by atoms with Gasteiger partial charge >= 0.3 is 0 Å². The Balaban J connectivity index is 1.97. The van der Waals surface area contributed by atoms with E-state index in [0.717, 1.165) is 16.8 Å². The lowest BCUT2D eigenvalue weighted by atomic mass is 10.1. The van der Waals surface area contributed by atoms with Crippen molar-refractivity contribution in [2.75, 3.05) is 11.9 Å². The molecule has 96 valence electrons.